The number of carbonyl (C=O) groups is 1. The molecule has 1 unspecified atom stereocenters. The molecule has 0 rings (SSSR count). The van der Waals surface area contributed by atoms with E-state index in [0.717, 1.165) is 19.3 Å². The summed E-state index contributed by atoms with van der Waals surface area (Å²) in [5.41, 5.74) is 1.82. The molecular weight excluding hydrogens is 200 g/mol. The molecule has 0 saturated heterocycles. The summed E-state index contributed by atoms with van der Waals surface area (Å²) in [6.45, 7) is 8.10. The van der Waals surface area contributed by atoms with E-state index in [1.54, 1.807) is 6.92 Å². The second kappa shape index (κ2) is 8.14. The highest BCUT2D eigenvalue weighted by atomic mass is 16.4. The monoisotopic (exact) mass is 224 g/mol. The minimum absolute atomic E-state index is 0.455. The Hall–Kier alpha value is -1.05. The average Bonchev–Trinajstić information content (AvgIpc) is 2.16. The lowest BCUT2D eigenvalue weighted by atomic mass is 9.98. The molecule has 0 aromatic heterocycles. The Morgan fingerprint density at radius 2 is 1.62 bits per heavy atom. The first-order chi connectivity index (χ1) is 7.43. The van der Waals surface area contributed by atoms with Crippen LogP contribution in [-0.2, 0) is 4.79 Å². The number of rotatable bonds is 7. The number of allylic oxidation sites excluding steroid dienone is 3. The van der Waals surface area contributed by atoms with E-state index in [9.17, 15) is 4.79 Å². The summed E-state index contributed by atoms with van der Waals surface area (Å²) in [6, 6.07) is 0. The standard InChI is InChI=1S/C14H24O2/c1-11(2)7-5-8-12(3)9-6-10-13(4)14(15)16/h7,10,12H,5-6,8-9H2,1-4H3,(H,15,16)/b13-10+. The molecule has 0 aliphatic rings. The van der Waals surface area contributed by atoms with E-state index in [1.165, 1.54) is 12.0 Å². The van der Waals surface area contributed by atoms with E-state index in [0.29, 0.717) is 11.5 Å². The topological polar surface area (TPSA) is 37.3 Å². The molecular formula is C14H24O2. The van der Waals surface area contributed by atoms with Gasteiger partial charge in [0, 0.05) is 5.57 Å². The molecule has 1 N–H and O–H groups in total. The van der Waals surface area contributed by atoms with Crippen LogP contribution in [0.15, 0.2) is 23.3 Å². The van der Waals surface area contributed by atoms with E-state index < -0.39 is 5.97 Å². The summed E-state index contributed by atoms with van der Waals surface area (Å²) in [6.07, 6.45) is 8.33. The van der Waals surface area contributed by atoms with Gasteiger partial charge in [0.2, 0.25) is 0 Å². The molecule has 1 atom stereocenters. The number of carboxylic acids is 1. The van der Waals surface area contributed by atoms with Crippen LogP contribution in [-0.4, -0.2) is 11.1 Å². The molecule has 0 spiro atoms. The van der Waals surface area contributed by atoms with Gasteiger partial charge in [-0.05, 0) is 52.4 Å². The molecule has 0 aromatic carbocycles. The minimum Gasteiger partial charge on any atom is -0.478 e. The van der Waals surface area contributed by atoms with Gasteiger partial charge >= 0.3 is 5.97 Å². The fourth-order valence-corrected chi connectivity index (χ4v) is 1.47. The van der Waals surface area contributed by atoms with Gasteiger partial charge in [-0.25, -0.2) is 4.79 Å². The average molecular weight is 224 g/mol. The van der Waals surface area contributed by atoms with Crippen molar-refractivity contribution >= 4 is 5.97 Å². The normalized spacial score (nSPS) is 13.4. The Labute approximate surface area is 99.1 Å². The fraction of sp³-hybridized carbons (Fsp3) is 0.643. The van der Waals surface area contributed by atoms with Crippen LogP contribution in [0, 0.1) is 5.92 Å². The summed E-state index contributed by atoms with van der Waals surface area (Å²) in [5.74, 6) is -0.148. The molecule has 0 fully saturated rings. The fourth-order valence-electron chi connectivity index (χ4n) is 1.47. The smallest absolute Gasteiger partial charge is 0.330 e. The molecule has 0 radical (unpaired) electrons. The number of carboxylic acid groups (broad SMARTS) is 1. The maximum atomic E-state index is 10.5. The second-order valence-corrected chi connectivity index (χ2v) is 4.73. The molecule has 0 aromatic rings. The zero-order valence-electron chi connectivity index (χ0n) is 10.9. The largest absolute Gasteiger partial charge is 0.478 e. The van der Waals surface area contributed by atoms with Crippen molar-refractivity contribution in [1.29, 1.82) is 0 Å². The maximum absolute atomic E-state index is 10.5. The molecule has 16 heavy (non-hydrogen) atoms. The number of aliphatic carboxylic acids is 1. The molecule has 0 bridgehead atoms. The van der Waals surface area contributed by atoms with Gasteiger partial charge in [-0.2, -0.15) is 0 Å². The van der Waals surface area contributed by atoms with Crippen LogP contribution < -0.4 is 0 Å². The van der Waals surface area contributed by atoms with Crippen LogP contribution in [0.4, 0.5) is 0 Å². The second-order valence-electron chi connectivity index (χ2n) is 4.73. The summed E-state index contributed by atoms with van der Waals surface area (Å²) in [7, 11) is 0. The Balaban J connectivity index is 3.74. The van der Waals surface area contributed by atoms with Gasteiger partial charge in [-0.15, -0.1) is 0 Å². The molecule has 2 nitrogen and oxygen atoms in total. The summed E-state index contributed by atoms with van der Waals surface area (Å²) in [5, 5.41) is 8.67. The highest BCUT2D eigenvalue weighted by Gasteiger charge is 2.02. The lowest BCUT2D eigenvalue weighted by Gasteiger charge is -2.08. The first kappa shape index (κ1) is 14.9. The number of hydrogen-bond donors (Lipinski definition) is 1. The highest BCUT2D eigenvalue weighted by molar-refractivity contribution is 5.85. The SMILES string of the molecule is CC(C)=CCCC(C)CC/C=C(\C)C(=O)O. The van der Waals surface area contributed by atoms with Gasteiger partial charge in [0.1, 0.15) is 0 Å². The molecule has 92 valence electrons. The Kier molecular flexibility index (Phi) is 7.61. The zero-order valence-corrected chi connectivity index (χ0v) is 10.9. The highest BCUT2D eigenvalue weighted by Crippen LogP contribution is 2.14. The molecule has 0 aliphatic heterocycles. The Bertz CT molecular complexity index is 270. The third kappa shape index (κ3) is 8.27. The van der Waals surface area contributed by atoms with Gasteiger partial charge in [-0.3, -0.25) is 0 Å². The predicted octanol–water partition coefficient (Wildman–Crippen LogP) is 4.18. The lowest BCUT2D eigenvalue weighted by molar-refractivity contribution is -0.132. The van der Waals surface area contributed by atoms with Crippen LogP contribution in [0.3, 0.4) is 0 Å². The van der Waals surface area contributed by atoms with Gasteiger partial charge in [0.05, 0.1) is 0 Å². The zero-order chi connectivity index (χ0) is 12.6. The van der Waals surface area contributed by atoms with E-state index in [1.807, 2.05) is 6.08 Å². The summed E-state index contributed by atoms with van der Waals surface area (Å²) < 4.78 is 0. The van der Waals surface area contributed by atoms with Crippen LogP contribution >= 0.6 is 0 Å². The van der Waals surface area contributed by atoms with Crippen LogP contribution in [0.1, 0.15) is 53.4 Å². The van der Waals surface area contributed by atoms with Crippen molar-refractivity contribution in [3.05, 3.63) is 23.3 Å². The van der Waals surface area contributed by atoms with Crippen molar-refractivity contribution in [3.63, 3.8) is 0 Å². The molecule has 2 heteroatoms. The van der Waals surface area contributed by atoms with E-state index in [2.05, 4.69) is 26.8 Å². The molecule has 0 saturated carbocycles. The first-order valence-electron chi connectivity index (χ1n) is 5.97. The van der Waals surface area contributed by atoms with Crippen LogP contribution in [0.2, 0.25) is 0 Å². The van der Waals surface area contributed by atoms with Gasteiger partial charge in [0.15, 0.2) is 0 Å². The van der Waals surface area contributed by atoms with Crippen LogP contribution in [0.25, 0.3) is 0 Å². The van der Waals surface area contributed by atoms with Crippen molar-refractivity contribution in [2.45, 2.75) is 53.4 Å². The first-order valence-corrected chi connectivity index (χ1v) is 5.97. The number of hydrogen-bond acceptors (Lipinski definition) is 1. The maximum Gasteiger partial charge on any atom is 0.330 e. The van der Waals surface area contributed by atoms with Gasteiger partial charge < -0.3 is 5.11 Å². The van der Waals surface area contributed by atoms with Crippen LogP contribution in [0.5, 0.6) is 0 Å². The quantitative estimate of drug-likeness (QED) is 0.520. The Morgan fingerprint density at radius 1 is 1.12 bits per heavy atom. The third-order valence-corrected chi connectivity index (χ3v) is 2.66. The minimum atomic E-state index is -0.808. The Morgan fingerprint density at radius 3 is 2.06 bits per heavy atom. The summed E-state index contributed by atoms with van der Waals surface area (Å²) >= 11 is 0. The van der Waals surface area contributed by atoms with E-state index in [-0.39, 0.29) is 0 Å². The lowest BCUT2D eigenvalue weighted by Crippen LogP contribution is -1.97. The molecule has 0 amide bonds. The van der Waals surface area contributed by atoms with Gasteiger partial charge in [0.25, 0.3) is 0 Å². The van der Waals surface area contributed by atoms with E-state index >= 15 is 0 Å². The van der Waals surface area contributed by atoms with Crippen molar-refractivity contribution in [1.82, 2.24) is 0 Å². The van der Waals surface area contributed by atoms with E-state index in [4.69, 9.17) is 5.11 Å². The molecule has 0 heterocycles. The predicted molar refractivity (Wildman–Crippen MR) is 68.5 cm³/mol. The van der Waals surface area contributed by atoms with Crippen molar-refractivity contribution in [2.75, 3.05) is 0 Å². The van der Waals surface area contributed by atoms with Crippen molar-refractivity contribution in [2.24, 2.45) is 5.92 Å². The third-order valence-electron chi connectivity index (χ3n) is 2.66. The van der Waals surface area contributed by atoms with Crippen molar-refractivity contribution < 1.29 is 9.90 Å². The van der Waals surface area contributed by atoms with Gasteiger partial charge in [-0.1, -0.05) is 24.6 Å². The summed E-state index contributed by atoms with van der Waals surface area (Å²) in [4.78, 5) is 10.5. The molecule has 0 aliphatic carbocycles. The van der Waals surface area contributed by atoms with Crippen molar-refractivity contribution in [3.8, 4) is 0 Å².